The molecule has 398 valence electrons. The number of esters is 2. The molecule has 0 amide bonds. The molecular weight excluding hydrogens is 870 g/mol. The van der Waals surface area contributed by atoms with Crippen molar-refractivity contribution in [1.82, 2.24) is 0 Å². The highest BCUT2D eigenvalue weighted by molar-refractivity contribution is 7.45. The van der Waals surface area contributed by atoms with E-state index < -0.39 is 26.5 Å². The van der Waals surface area contributed by atoms with E-state index >= 15 is 0 Å². The third-order valence-electron chi connectivity index (χ3n) is 12.4. The highest BCUT2D eigenvalue weighted by Gasteiger charge is 2.22. The number of unbranched alkanes of at least 4 members (excludes halogenated alkanes) is 30. The number of likely N-dealkylation sites (N-methyl/N-ethyl adjacent to an activating group) is 1. The number of hydrogen-bond donors (Lipinski definition) is 0. The molecular formula is C58H108NO8P. The molecule has 0 aliphatic heterocycles. The summed E-state index contributed by atoms with van der Waals surface area (Å²) in [6.45, 7) is 4.12. The maximum absolute atomic E-state index is 12.7. The van der Waals surface area contributed by atoms with Crippen molar-refractivity contribution in [1.29, 1.82) is 0 Å². The van der Waals surface area contributed by atoms with Gasteiger partial charge >= 0.3 is 11.9 Å². The van der Waals surface area contributed by atoms with Gasteiger partial charge in [-0.1, -0.05) is 242 Å². The largest absolute Gasteiger partial charge is 0.756 e. The van der Waals surface area contributed by atoms with E-state index in [1.165, 1.54) is 167 Å². The Morgan fingerprint density at radius 2 is 0.838 bits per heavy atom. The zero-order chi connectivity index (χ0) is 49.9. The molecule has 2 unspecified atom stereocenters. The second-order valence-electron chi connectivity index (χ2n) is 20.3. The molecule has 0 heterocycles. The zero-order valence-corrected chi connectivity index (χ0v) is 45.9. The van der Waals surface area contributed by atoms with Crippen molar-refractivity contribution in [2.45, 2.75) is 264 Å². The first-order valence-corrected chi connectivity index (χ1v) is 29.8. The van der Waals surface area contributed by atoms with Crippen LogP contribution >= 0.6 is 7.82 Å². The quantitative estimate of drug-likeness (QED) is 0.0195. The predicted molar refractivity (Wildman–Crippen MR) is 287 cm³/mol. The van der Waals surface area contributed by atoms with E-state index in [4.69, 9.17) is 18.5 Å². The van der Waals surface area contributed by atoms with Crippen LogP contribution in [0.3, 0.4) is 0 Å². The number of phosphoric ester groups is 1. The van der Waals surface area contributed by atoms with Crippen molar-refractivity contribution in [2.75, 3.05) is 47.5 Å². The summed E-state index contributed by atoms with van der Waals surface area (Å²) in [5, 5.41) is 0. The van der Waals surface area contributed by atoms with Crippen LogP contribution in [-0.2, 0) is 32.7 Å². The molecule has 68 heavy (non-hydrogen) atoms. The van der Waals surface area contributed by atoms with Gasteiger partial charge in [0.05, 0.1) is 27.7 Å². The van der Waals surface area contributed by atoms with Crippen LogP contribution in [0.15, 0.2) is 48.6 Å². The van der Waals surface area contributed by atoms with Crippen molar-refractivity contribution >= 4 is 19.8 Å². The minimum absolute atomic E-state index is 0.0284. The second-order valence-corrected chi connectivity index (χ2v) is 21.7. The number of quaternary nitrogens is 1. The van der Waals surface area contributed by atoms with Gasteiger partial charge in [-0.05, 0) is 51.4 Å². The molecule has 0 aliphatic rings. The Hall–Kier alpha value is -2.03. The molecule has 0 rings (SSSR count). The molecule has 0 aliphatic carbocycles. The molecule has 0 aromatic heterocycles. The van der Waals surface area contributed by atoms with Crippen molar-refractivity contribution in [2.24, 2.45) is 0 Å². The fourth-order valence-electron chi connectivity index (χ4n) is 8.00. The number of nitrogens with zero attached hydrogens (tertiary/aromatic N) is 1. The fourth-order valence-corrected chi connectivity index (χ4v) is 8.73. The first kappa shape index (κ1) is 66.0. The maximum Gasteiger partial charge on any atom is 0.306 e. The lowest BCUT2D eigenvalue weighted by Crippen LogP contribution is -2.37. The standard InChI is InChI=1S/C58H108NO8P/c1-6-8-10-12-14-16-17-18-19-20-21-22-23-24-25-26-27-28-29-30-31-32-33-34-35-36-37-38-39-40-41-43-45-47-49-51-58(61)67-56(55-66-68(62,63)65-53-52-59(3,4)5)54-64-57(60)50-48-46-44-42-15-13-11-9-7-2/h8,10,14,16,18-19,21-22,56H,6-7,9,11-13,15,17,20,23-55H2,1-5H3/b10-8-,16-14-,19-18-,22-21-. The van der Waals surface area contributed by atoms with Gasteiger partial charge in [0, 0.05) is 12.8 Å². The SMILES string of the molecule is CC/C=C\C/C=C\C/C=C\C/C=C\CCCCCCCCCCCCCCCCCCCCCCCCC(=O)OC(COC(=O)CCCCCCCCCCC)COP(=O)([O-])OCC[N+](C)(C)C. The van der Waals surface area contributed by atoms with Gasteiger partial charge in [0.15, 0.2) is 6.10 Å². The van der Waals surface area contributed by atoms with Gasteiger partial charge in [-0.3, -0.25) is 14.2 Å². The number of rotatable bonds is 52. The minimum atomic E-state index is -4.62. The monoisotopic (exact) mass is 978 g/mol. The summed E-state index contributed by atoms with van der Waals surface area (Å²) in [6, 6.07) is 0. The van der Waals surface area contributed by atoms with Gasteiger partial charge in [0.25, 0.3) is 7.82 Å². The predicted octanol–water partition coefficient (Wildman–Crippen LogP) is 16.7. The summed E-state index contributed by atoms with van der Waals surface area (Å²) in [7, 11) is 1.18. The van der Waals surface area contributed by atoms with E-state index in [-0.39, 0.29) is 32.0 Å². The third-order valence-corrected chi connectivity index (χ3v) is 13.3. The van der Waals surface area contributed by atoms with Crippen molar-refractivity contribution < 1.29 is 42.1 Å². The first-order chi connectivity index (χ1) is 33.0. The van der Waals surface area contributed by atoms with Crippen LogP contribution in [0.4, 0.5) is 0 Å². The van der Waals surface area contributed by atoms with Crippen LogP contribution in [0.1, 0.15) is 258 Å². The Morgan fingerprint density at radius 3 is 1.25 bits per heavy atom. The van der Waals surface area contributed by atoms with Gasteiger partial charge in [-0.15, -0.1) is 0 Å². The Kier molecular flexibility index (Phi) is 48.4. The number of allylic oxidation sites excluding steroid dienone is 8. The number of ether oxygens (including phenoxy) is 2. The van der Waals surface area contributed by atoms with Gasteiger partial charge in [-0.25, -0.2) is 0 Å². The Bertz CT molecular complexity index is 1290. The lowest BCUT2D eigenvalue weighted by molar-refractivity contribution is -0.870. The molecule has 0 radical (unpaired) electrons. The molecule has 9 nitrogen and oxygen atoms in total. The molecule has 0 fully saturated rings. The van der Waals surface area contributed by atoms with Gasteiger partial charge in [-0.2, -0.15) is 0 Å². The van der Waals surface area contributed by atoms with Crippen molar-refractivity contribution in [3.63, 3.8) is 0 Å². The number of hydrogen-bond acceptors (Lipinski definition) is 8. The van der Waals surface area contributed by atoms with Crippen LogP contribution in [-0.4, -0.2) is 70.0 Å². The van der Waals surface area contributed by atoms with E-state index in [0.29, 0.717) is 17.4 Å². The smallest absolute Gasteiger partial charge is 0.306 e. The van der Waals surface area contributed by atoms with E-state index in [9.17, 15) is 19.0 Å². The van der Waals surface area contributed by atoms with Crippen LogP contribution in [0.2, 0.25) is 0 Å². The molecule has 0 aromatic carbocycles. The van der Waals surface area contributed by atoms with Gasteiger partial charge in [0.1, 0.15) is 19.8 Å². The third kappa shape index (κ3) is 53.3. The van der Waals surface area contributed by atoms with E-state index in [1.807, 2.05) is 21.1 Å². The summed E-state index contributed by atoms with van der Waals surface area (Å²) < 4.78 is 34.0. The normalized spacial score (nSPS) is 13.7. The van der Waals surface area contributed by atoms with Crippen LogP contribution in [0, 0.1) is 0 Å². The number of carbonyl (C=O) groups excluding carboxylic acids is 2. The van der Waals surface area contributed by atoms with Crippen molar-refractivity contribution in [3.05, 3.63) is 48.6 Å². The number of phosphoric acid groups is 1. The van der Waals surface area contributed by atoms with Crippen LogP contribution < -0.4 is 4.89 Å². The van der Waals surface area contributed by atoms with Gasteiger partial charge < -0.3 is 27.9 Å². The molecule has 0 N–H and O–H groups in total. The Labute approximate surface area is 420 Å². The average Bonchev–Trinajstić information content (AvgIpc) is 3.30. The van der Waals surface area contributed by atoms with E-state index in [1.54, 1.807) is 0 Å². The average molecular weight is 978 g/mol. The van der Waals surface area contributed by atoms with E-state index in [0.717, 1.165) is 57.8 Å². The lowest BCUT2D eigenvalue weighted by Gasteiger charge is -2.28. The minimum Gasteiger partial charge on any atom is -0.756 e. The molecule has 2 atom stereocenters. The topological polar surface area (TPSA) is 111 Å². The van der Waals surface area contributed by atoms with Crippen LogP contribution in [0.25, 0.3) is 0 Å². The summed E-state index contributed by atoms with van der Waals surface area (Å²) in [4.78, 5) is 37.6. The highest BCUT2D eigenvalue weighted by Crippen LogP contribution is 2.38. The number of carbonyl (C=O) groups is 2. The molecule has 0 spiro atoms. The highest BCUT2D eigenvalue weighted by atomic mass is 31.2. The Balaban J connectivity index is 3.89. The molecule has 0 saturated heterocycles. The Morgan fingerprint density at radius 1 is 0.471 bits per heavy atom. The molecule has 0 aromatic rings. The summed E-state index contributed by atoms with van der Waals surface area (Å²) >= 11 is 0. The summed E-state index contributed by atoms with van der Waals surface area (Å²) in [6.07, 6.45) is 61.9. The van der Waals surface area contributed by atoms with E-state index in [2.05, 4.69) is 62.5 Å². The van der Waals surface area contributed by atoms with Crippen molar-refractivity contribution in [3.8, 4) is 0 Å². The second kappa shape index (κ2) is 49.9. The first-order valence-electron chi connectivity index (χ1n) is 28.3. The van der Waals surface area contributed by atoms with Crippen LogP contribution in [0.5, 0.6) is 0 Å². The summed E-state index contributed by atoms with van der Waals surface area (Å²) in [5.41, 5.74) is 0. The summed E-state index contributed by atoms with van der Waals surface area (Å²) in [5.74, 6) is -0.826. The zero-order valence-electron chi connectivity index (χ0n) is 45.1. The molecule has 0 saturated carbocycles. The van der Waals surface area contributed by atoms with Gasteiger partial charge in [0.2, 0.25) is 0 Å². The lowest BCUT2D eigenvalue weighted by atomic mass is 10.0. The molecule has 0 bridgehead atoms. The maximum atomic E-state index is 12.7. The fraction of sp³-hybridized carbons (Fsp3) is 0.828. The molecule has 10 heteroatoms.